The summed E-state index contributed by atoms with van der Waals surface area (Å²) in [5, 5.41) is 19.8. The van der Waals surface area contributed by atoms with Crippen LogP contribution in [0.3, 0.4) is 0 Å². The molecule has 2 atom stereocenters. The minimum absolute atomic E-state index is 0.0319. The highest BCUT2D eigenvalue weighted by Gasteiger charge is 2.39. The number of alkyl carbamates (subject to hydrolysis) is 1. The average Bonchev–Trinajstić information content (AvgIpc) is 3.30. The Balaban J connectivity index is 1.68. The van der Waals surface area contributed by atoms with Gasteiger partial charge in [-0.1, -0.05) is 65.0 Å². The lowest BCUT2D eigenvalue weighted by Crippen LogP contribution is -2.54. The van der Waals surface area contributed by atoms with Crippen molar-refractivity contribution in [3.05, 3.63) is 65.2 Å². The van der Waals surface area contributed by atoms with Crippen LogP contribution in [0, 0.1) is 5.92 Å². The van der Waals surface area contributed by atoms with Crippen LogP contribution in [0.4, 0.5) is 4.79 Å². The Morgan fingerprint density at radius 3 is 2.49 bits per heavy atom. The maximum absolute atomic E-state index is 13.1. The summed E-state index contributed by atoms with van der Waals surface area (Å²) in [4.78, 5) is 25.4. The topological polar surface area (TPSA) is 121 Å². The third-order valence-electron chi connectivity index (χ3n) is 5.77. The molecule has 9 heteroatoms. The Labute approximate surface area is 205 Å². The average molecular weight is 483 g/mol. The first-order chi connectivity index (χ1) is 16.5. The first-order valence-corrected chi connectivity index (χ1v) is 11.6. The molecule has 0 spiro atoms. The van der Waals surface area contributed by atoms with E-state index in [-0.39, 0.29) is 36.1 Å². The number of nitrogens with one attached hydrogen (secondary N) is 3. The van der Waals surface area contributed by atoms with Crippen LogP contribution < -0.4 is 16.1 Å². The predicted octanol–water partition coefficient (Wildman–Crippen LogP) is 3.47. The molecule has 1 heterocycles. The minimum atomic E-state index is -1.15. The lowest BCUT2D eigenvalue weighted by Gasteiger charge is -2.31. The fourth-order valence-corrected chi connectivity index (χ4v) is 3.73. The number of carbonyl (C=O) groups excluding carboxylic acids is 2. The van der Waals surface area contributed by atoms with E-state index >= 15 is 0 Å². The zero-order valence-electron chi connectivity index (χ0n) is 20.8. The smallest absolute Gasteiger partial charge is 0.408 e. The predicted molar refractivity (Wildman–Crippen MR) is 133 cm³/mol. The van der Waals surface area contributed by atoms with Crippen LogP contribution in [0.5, 0.6) is 5.75 Å². The maximum atomic E-state index is 13.1. The molecule has 0 bridgehead atoms. The summed E-state index contributed by atoms with van der Waals surface area (Å²) in [6.07, 6.45) is 0.596. The van der Waals surface area contributed by atoms with Gasteiger partial charge in [0.1, 0.15) is 18.4 Å². The van der Waals surface area contributed by atoms with E-state index in [2.05, 4.69) is 21.2 Å². The molecule has 1 aliphatic heterocycles. The number of ether oxygens (including phenoxy) is 2. The first-order valence-electron chi connectivity index (χ1n) is 11.6. The van der Waals surface area contributed by atoms with Crippen molar-refractivity contribution in [2.24, 2.45) is 11.0 Å². The Morgan fingerprint density at radius 1 is 1.17 bits per heavy atom. The number of benzene rings is 2. The second kappa shape index (κ2) is 10.7. The van der Waals surface area contributed by atoms with Gasteiger partial charge in [0.2, 0.25) is 11.6 Å². The summed E-state index contributed by atoms with van der Waals surface area (Å²) in [6.45, 7) is 9.79. The number of hydrogen-bond acceptors (Lipinski definition) is 7. The molecular formula is C26H34N4O5. The van der Waals surface area contributed by atoms with E-state index in [1.807, 2.05) is 71.0 Å². The summed E-state index contributed by atoms with van der Waals surface area (Å²) in [6, 6.07) is 13.6. The van der Waals surface area contributed by atoms with Crippen molar-refractivity contribution in [3.63, 3.8) is 0 Å². The van der Waals surface area contributed by atoms with Crippen LogP contribution in [-0.4, -0.2) is 36.1 Å². The van der Waals surface area contributed by atoms with Crippen molar-refractivity contribution >= 4 is 18.4 Å². The van der Waals surface area contributed by atoms with Crippen molar-refractivity contribution in [1.82, 2.24) is 16.1 Å². The van der Waals surface area contributed by atoms with Crippen molar-refractivity contribution in [3.8, 4) is 5.75 Å². The zero-order chi connectivity index (χ0) is 25.6. The van der Waals surface area contributed by atoms with E-state index in [0.717, 1.165) is 11.1 Å². The molecule has 0 radical (unpaired) electrons. The molecule has 2 aromatic rings. The molecule has 0 saturated carbocycles. The summed E-state index contributed by atoms with van der Waals surface area (Å²) in [7, 11) is 0. The molecule has 9 nitrogen and oxygen atoms in total. The van der Waals surface area contributed by atoms with Crippen LogP contribution in [0.1, 0.15) is 51.3 Å². The molecule has 2 amide bonds. The van der Waals surface area contributed by atoms with Gasteiger partial charge >= 0.3 is 6.09 Å². The van der Waals surface area contributed by atoms with Crippen molar-refractivity contribution in [2.45, 2.75) is 58.4 Å². The van der Waals surface area contributed by atoms with Crippen LogP contribution >= 0.6 is 0 Å². The van der Waals surface area contributed by atoms with Crippen molar-refractivity contribution < 1.29 is 24.2 Å². The van der Waals surface area contributed by atoms with Gasteiger partial charge in [0.15, 0.2) is 6.40 Å². The lowest BCUT2D eigenvalue weighted by molar-refractivity contribution is -0.125. The maximum Gasteiger partial charge on any atom is 0.408 e. The minimum Gasteiger partial charge on any atom is -0.508 e. The molecule has 2 aromatic carbocycles. The van der Waals surface area contributed by atoms with Gasteiger partial charge in [0, 0.05) is 5.56 Å². The third kappa shape index (κ3) is 6.44. The summed E-state index contributed by atoms with van der Waals surface area (Å²) < 4.78 is 11.1. The second-order valence-electron chi connectivity index (χ2n) is 9.92. The highest BCUT2D eigenvalue weighted by molar-refractivity contribution is 5.86. The summed E-state index contributed by atoms with van der Waals surface area (Å²) in [5.41, 5.74) is 3.74. The second-order valence-corrected chi connectivity index (χ2v) is 9.92. The number of rotatable bonds is 8. The SMILES string of the molecule is CC(C)C(NC(=O)OCc1ccccc1)C(=O)NCC1(c2ccc(O)c(C(C)(C)C)c2)NN=CO1. The molecule has 1 aliphatic rings. The summed E-state index contributed by atoms with van der Waals surface area (Å²) in [5.74, 6) is -0.398. The van der Waals surface area contributed by atoms with Crippen molar-refractivity contribution in [2.75, 3.05) is 6.54 Å². The molecular weight excluding hydrogens is 448 g/mol. The molecule has 35 heavy (non-hydrogen) atoms. The van der Waals surface area contributed by atoms with Crippen LogP contribution in [0.15, 0.2) is 53.6 Å². The van der Waals surface area contributed by atoms with E-state index in [4.69, 9.17) is 9.47 Å². The lowest BCUT2D eigenvalue weighted by atomic mass is 9.84. The van der Waals surface area contributed by atoms with Gasteiger partial charge in [-0.2, -0.15) is 0 Å². The van der Waals surface area contributed by atoms with Crippen molar-refractivity contribution in [1.29, 1.82) is 0 Å². The number of carbonyl (C=O) groups is 2. The summed E-state index contributed by atoms with van der Waals surface area (Å²) >= 11 is 0. The Bertz CT molecular complexity index is 1060. The standard InChI is InChI=1S/C26H34N4O5/c1-17(2)22(29-24(33)34-14-18-9-7-6-8-10-18)23(32)27-15-26(30-28-16-35-26)19-11-12-21(31)20(13-19)25(3,4)5/h6-13,16-17,22,30-31H,14-15H2,1-5H3,(H,27,32)(H,29,33). The number of nitrogens with zero attached hydrogens (tertiary/aromatic N) is 1. The molecule has 0 aliphatic carbocycles. The number of hydrogen-bond donors (Lipinski definition) is 4. The zero-order valence-corrected chi connectivity index (χ0v) is 20.8. The number of aromatic hydroxyl groups is 1. The quantitative estimate of drug-likeness (QED) is 0.457. The Kier molecular flexibility index (Phi) is 7.89. The Hall–Kier alpha value is -3.75. The molecule has 0 aromatic heterocycles. The largest absolute Gasteiger partial charge is 0.508 e. The Morgan fingerprint density at radius 2 is 1.89 bits per heavy atom. The van der Waals surface area contributed by atoms with E-state index in [9.17, 15) is 14.7 Å². The highest BCUT2D eigenvalue weighted by Crippen LogP contribution is 2.35. The van der Waals surface area contributed by atoms with Gasteiger partial charge in [0.25, 0.3) is 0 Å². The van der Waals surface area contributed by atoms with Gasteiger partial charge in [-0.25, -0.2) is 4.79 Å². The number of amides is 2. The first kappa shape index (κ1) is 25.9. The van der Waals surface area contributed by atoms with E-state index in [1.165, 1.54) is 6.40 Å². The highest BCUT2D eigenvalue weighted by atomic mass is 16.5. The van der Waals surface area contributed by atoms with E-state index < -0.39 is 17.9 Å². The van der Waals surface area contributed by atoms with Gasteiger partial charge < -0.3 is 25.2 Å². The van der Waals surface area contributed by atoms with E-state index in [1.54, 1.807) is 12.1 Å². The number of hydrazone groups is 1. The molecule has 0 fully saturated rings. The molecule has 2 unspecified atom stereocenters. The number of phenolic OH excluding ortho intramolecular Hbond substituents is 1. The normalized spacial score (nSPS) is 17.9. The van der Waals surface area contributed by atoms with E-state index in [0.29, 0.717) is 5.56 Å². The fourth-order valence-electron chi connectivity index (χ4n) is 3.73. The van der Waals surface area contributed by atoms with Crippen LogP contribution in [0.25, 0.3) is 0 Å². The van der Waals surface area contributed by atoms with Crippen LogP contribution in [-0.2, 0) is 32.0 Å². The molecule has 3 rings (SSSR count). The molecule has 0 saturated heterocycles. The van der Waals surface area contributed by atoms with Gasteiger partial charge in [0.05, 0.1) is 6.54 Å². The fraction of sp³-hybridized carbons (Fsp3) is 0.423. The van der Waals surface area contributed by atoms with Gasteiger partial charge in [-0.3, -0.25) is 10.2 Å². The van der Waals surface area contributed by atoms with Gasteiger partial charge in [-0.15, -0.1) is 5.10 Å². The number of phenols is 1. The monoisotopic (exact) mass is 482 g/mol. The van der Waals surface area contributed by atoms with Gasteiger partial charge in [-0.05, 0) is 40.7 Å². The molecule has 188 valence electrons. The molecule has 4 N–H and O–H groups in total. The van der Waals surface area contributed by atoms with Crippen LogP contribution in [0.2, 0.25) is 0 Å². The third-order valence-corrected chi connectivity index (χ3v) is 5.77.